The molecule has 2 saturated heterocycles. The molecule has 1 atom stereocenters. The van der Waals surface area contributed by atoms with Gasteiger partial charge in [0.2, 0.25) is 5.91 Å². The SMILES string of the molecule is Cc1cccc(C2(C(=O)N3CCCC3c3ccnc(-c4ccc(Cl)cc4)n3)CCOCC2)c1. The van der Waals surface area contributed by atoms with Gasteiger partial charge in [-0.25, -0.2) is 9.97 Å². The molecule has 1 amide bonds. The number of carbonyl (C=O) groups excluding carboxylic acids is 1. The van der Waals surface area contributed by atoms with E-state index in [1.165, 1.54) is 5.56 Å². The lowest BCUT2D eigenvalue weighted by atomic mass is 9.72. The monoisotopic (exact) mass is 461 g/mol. The molecule has 0 N–H and O–H groups in total. The van der Waals surface area contributed by atoms with Gasteiger partial charge in [-0.2, -0.15) is 0 Å². The standard InChI is InChI=1S/C27H28ClN3O2/c1-19-4-2-5-21(18-19)27(12-16-33-17-13-27)26(32)31-15-3-6-24(31)23-11-14-29-25(30-23)20-7-9-22(28)10-8-20/h2,4-5,7-11,14,18,24H,3,6,12-13,15-17H2,1H3. The molecule has 0 aliphatic carbocycles. The summed E-state index contributed by atoms with van der Waals surface area (Å²) in [6, 6.07) is 17.8. The molecule has 1 aromatic heterocycles. The molecule has 6 heteroatoms. The fourth-order valence-electron chi connectivity index (χ4n) is 5.18. The summed E-state index contributed by atoms with van der Waals surface area (Å²) in [6.45, 7) is 4.04. The zero-order valence-electron chi connectivity index (χ0n) is 18.8. The zero-order valence-corrected chi connectivity index (χ0v) is 19.6. The van der Waals surface area contributed by atoms with E-state index in [0.29, 0.717) is 36.9 Å². The minimum Gasteiger partial charge on any atom is -0.381 e. The molecule has 5 nitrogen and oxygen atoms in total. The average Bonchev–Trinajstić information content (AvgIpc) is 3.34. The molecule has 170 valence electrons. The highest BCUT2D eigenvalue weighted by Gasteiger charge is 2.47. The Morgan fingerprint density at radius 3 is 2.67 bits per heavy atom. The van der Waals surface area contributed by atoms with Crippen LogP contribution in [0.4, 0.5) is 0 Å². The molecule has 3 aromatic rings. The second kappa shape index (κ2) is 9.24. The molecule has 2 fully saturated rings. The number of rotatable bonds is 4. The van der Waals surface area contributed by atoms with Crippen LogP contribution in [0.25, 0.3) is 11.4 Å². The highest BCUT2D eigenvalue weighted by Crippen LogP contribution is 2.42. The Morgan fingerprint density at radius 2 is 1.91 bits per heavy atom. The lowest BCUT2D eigenvalue weighted by Gasteiger charge is -2.41. The van der Waals surface area contributed by atoms with Gasteiger partial charge in [0.1, 0.15) is 0 Å². The Hall–Kier alpha value is -2.76. The van der Waals surface area contributed by atoms with Gasteiger partial charge < -0.3 is 9.64 Å². The van der Waals surface area contributed by atoms with Crippen LogP contribution in [0.2, 0.25) is 5.02 Å². The lowest BCUT2D eigenvalue weighted by molar-refractivity contribution is -0.142. The number of nitrogens with zero attached hydrogens (tertiary/aromatic N) is 3. The molecular weight excluding hydrogens is 434 g/mol. The fourth-order valence-corrected chi connectivity index (χ4v) is 5.30. The van der Waals surface area contributed by atoms with Crippen LogP contribution >= 0.6 is 11.6 Å². The molecule has 2 aliphatic rings. The minimum atomic E-state index is -0.543. The Labute approximate surface area is 199 Å². The third-order valence-corrected chi connectivity index (χ3v) is 7.21. The molecule has 33 heavy (non-hydrogen) atoms. The van der Waals surface area contributed by atoms with E-state index < -0.39 is 5.41 Å². The van der Waals surface area contributed by atoms with Gasteiger partial charge in [0.05, 0.1) is 17.2 Å². The highest BCUT2D eigenvalue weighted by molar-refractivity contribution is 6.30. The second-order valence-electron chi connectivity index (χ2n) is 9.03. The van der Waals surface area contributed by atoms with Crippen LogP contribution in [0.3, 0.4) is 0 Å². The van der Waals surface area contributed by atoms with Gasteiger partial charge >= 0.3 is 0 Å². The fraction of sp³-hybridized carbons (Fsp3) is 0.370. The number of benzene rings is 2. The van der Waals surface area contributed by atoms with E-state index in [-0.39, 0.29) is 11.9 Å². The maximum atomic E-state index is 14.2. The van der Waals surface area contributed by atoms with Crippen molar-refractivity contribution in [2.45, 2.75) is 44.1 Å². The summed E-state index contributed by atoms with van der Waals surface area (Å²) in [6.07, 6.45) is 5.08. The number of halogens is 1. The number of ether oxygens (including phenoxy) is 1. The van der Waals surface area contributed by atoms with Crippen LogP contribution in [-0.4, -0.2) is 40.5 Å². The van der Waals surface area contributed by atoms with Gasteiger partial charge in [0.15, 0.2) is 5.82 Å². The highest BCUT2D eigenvalue weighted by atomic mass is 35.5. The first kappa shape index (κ1) is 22.1. The molecular formula is C27H28ClN3O2. The molecule has 2 aliphatic heterocycles. The van der Waals surface area contributed by atoms with Crippen molar-refractivity contribution < 1.29 is 9.53 Å². The van der Waals surface area contributed by atoms with E-state index >= 15 is 0 Å². The van der Waals surface area contributed by atoms with Crippen molar-refractivity contribution in [1.82, 2.24) is 14.9 Å². The van der Waals surface area contributed by atoms with Crippen molar-refractivity contribution >= 4 is 17.5 Å². The minimum absolute atomic E-state index is 0.0453. The Balaban J connectivity index is 1.48. The summed E-state index contributed by atoms with van der Waals surface area (Å²) in [5.74, 6) is 0.855. The number of hydrogen-bond donors (Lipinski definition) is 0. The topological polar surface area (TPSA) is 55.3 Å². The lowest BCUT2D eigenvalue weighted by Crippen LogP contribution is -2.49. The largest absolute Gasteiger partial charge is 0.381 e. The van der Waals surface area contributed by atoms with Gasteiger partial charge in [-0.05, 0) is 68.5 Å². The van der Waals surface area contributed by atoms with Gasteiger partial charge in [-0.1, -0.05) is 41.4 Å². The quantitative estimate of drug-likeness (QED) is 0.513. The van der Waals surface area contributed by atoms with Crippen molar-refractivity contribution in [3.8, 4) is 11.4 Å². The summed E-state index contributed by atoms with van der Waals surface area (Å²) in [4.78, 5) is 25.6. The molecule has 0 saturated carbocycles. The zero-order chi connectivity index (χ0) is 22.8. The summed E-state index contributed by atoms with van der Waals surface area (Å²) >= 11 is 6.04. The van der Waals surface area contributed by atoms with Crippen LogP contribution in [0.15, 0.2) is 60.8 Å². The summed E-state index contributed by atoms with van der Waals surface area (Å²) in [5.41, 5.74) is 3.54. The summed E-state index contributed by atoms with van der Waals surface area (Å²) in [5, 5.41) is 0.681. The van der Waals surface area contributed by atoms with E-state index in [2.05, 4.69) is 41.1 Å². The van der Waals surface area contributed by atoms with E-state index in [0.717, 1.165) is 36.2 Å². The molecule has 3 heterocycles. The first-order valence-corrected chi connectivity index (χ1v) is 12.0. The Kier molecular flexibility index (Phi) is 6.17. The summed E-state index contributed by atoms with van der Waals surface area (Å²) in [7, 11) is 0. The number of hydrogen-bond acceptors (Lipinski definition) is 4. The number of aryl methyl sites for hydroxylation is 1. The van der Waals surface area contributed by atoms with Crippen molar-refractivity contribution in [3.05, 3.63) is 82.6 Å². The number of aromatic nitrogens is 2. The number of likely N-dealkylation sites (tertiary alicyclic amines) is 1. The third-order valence-electron chi connectivity index (χ3n) is 6.96. The molecule has 1 unspecified atom stereocenters. The molecule has 0 radical (unpaired) electrons. The van der Waals surface area contributed by atoms with Crippen LogP contribution in [-0.2, 0) is 14.9 Å². The van der Waals surface area contributed by atoms with Gasteiger partial charge in [0.25, 0.3) is 0 Å². The van der Waals surface area contributed by atoms with Gasteiger partial charge in [-0.3, -0.25) is 4.79 Å². The smallest absolute Gasteiger partial charge is 0.233 e. The average molecular weight is 462 g/mol. The molecule has 5 rings (SSSR count). The van der Waals surface area contributed by atoms with Crippen molar-refractivity contribution in [2.75, 3.05) is 19.8 Å². The number of carbonyl (C=O) groups is 1. The van der Waals surface area contributed by atoms with Crippen LogP contribution < -0.4 is 0 Å². The summed E-state index contributed by atoms with van der Waals surface area (Å²) < 4.78 is 5.67. The predicted octanol–water partition coefficient (Wildman–Crippen LogP) is 5.52. The van der Waals surface area contributed by atoms with Gasteiger partial charge in [0, 0.05) is 36.5 Å². The van der Waals surface area contributed by atoms with E-state index in [9.17, 15) is 4.79 Å². The van der Waals surface area contributed by atoms with E-state index in [1.54, 1.807) is 6.20 Å². The Bertz CT molecular complexity index is 1140. The van der Waals surface area contributed by atoms with Crippen molar-refractivity contribution in [2.24, 2.45) is 0 Å². The van der Waals surface area contributed by atoms with E-state index in [4.69, 9.17) is 21.3 Å². The first-order valence-electron chi connectivity index (χ1n) is 11.6. The van der Waals surface area contributed by atoms with Crippen molar-refractivity contribution in [1.29, 1.82) is 0 Å². The Morgan fingerprint density at radius 1 is 1.12 bits per heavy atom. The van der Waals surface area contributed by atoms with Crippen LogP contribution in [0.1, 0.15) is 48.5 Å². The van der Waals surface area contributed by atoms with Crippen molar-refractivity contribution in [3.63, 3.8) is 0 Å². The molecule has 0 bridgehead atoms. The predicted molar refractivity (Wildman–Crippen MR) is 129 cm³/mol. The maximum Gasteiger partial charge on any atom is 0.233 e. The first-order chi connectivity index (χ1) is 16.1. The normalized spacial score (nSPS) is 20.1. The van der Waals surface area contributed by atoms with Crippen LogP contribution in [0, 0.1) is 6.92 Å². The number of amides is 1. The van der Waals surface area contributed by atoms with Gasteiger partial charge in [-0.15, -0.1) is 0 Å². The molecule has 0 spiro atoms. The third kappa shape index (κ3) is 4.28. The van der Waals surface area contributed by atoms with E-state index in [1.807, 2.05) is 30.3 Å². The van der Waals surface area contributed by atoms with Crippen LogP contribution in [0.5, 0.6) is 0 Å². The second-order valence-corrected chi connectivity index (χ2v) is 9.47. The molecule has 2 aromatic carbocycles. The maximum absolute atomic E-state index is 14.2.